The van der Waals surface area contributed by atoms with Crippen molar-refractivity contribution in [3.05, 3.63) is 95.4 Å². The number of fused-ring (bicyclic) bond motifs is 14. The minimum atomic E-state index is -5.08. The topological polar surface area (TPSA) is 220 Å². The predicted octanol–water partition coefficient (Wildman–Crippen LogP) is 3.71. The van der Waals surface area contributed by atoms with Gasteiger partial charge in [0.1, 0.15) is 36.8 Å². The highest BCUT2D eigenvalue weighted by Gasteiger charge is 2.38. The molecule has 312 valence electrons. The van der Waals surface area contributed by atoms with Crippen LogP contribution in [-0.2, 0) is 38.6 Å². The quantitative estimate of drug-likeness (QED) is 0.181. The lowest BCUT2D eigenvalue weighted by atomic mass is 10.00. The third-order valence-corrected chi connectivity index (χ3v) is 8.72. The standard InChI is InChI=1S/C37H46N8O6.C2HF3O2/c1-22(2)17-27-21-50-28-13-11-26(12-14-28)19-29(42-37(49)31-15-16-38-51-31)35(47)41-30(18-25-9-7-6-8-10-25)36(48)43-33(23(3)4)34-39-24(5)44-45(34)20-32(46)40-27;3-2(4,5)1(6)7/h6-16,22-23,27,29-30,33H,17-21H2,1-5H3,(H,40,46)(H,41,47)(H,42,49)(H,43,48);(H,6,7)/t27-,29-,30-,33-;/m0./s1. The number of hydrogen-bond donors (Lipinski definition) is 5. The van der Waals surface area contributed by atoms with Crippen molar-refractivity contribution in [3.63, 3.8) is 0 Å². The third kappa shape index (κ3) is 13.4. The molecule has 16 nitrogen and oxygen atoms in total. The smallest absolute Gasteiger partial charge is 0.490 e. The van der Waals surface area contributed by atoms with Crippen molar-refractivity contribution < 1.29 is 51.5 Å². The molecule has 2 aromatic carbocycles. The number of carboxylic acid groups (broad SMARTS) is 1. The van der Waals surface area contributed by atoms with E-state index < -0.39 is 48.0 Å². The summed E-state index contributed by atoms with van der Waals surface area (Å²) in [5, 5.41) is 27.1. The van der Waals surface area contributed by atoms with E-state index in [9.17, 15) is 32.3 Å². The summed E-state index contributed by atoms with van der Waals surface area (Å²) in [6.45, 7) is 9.85. The maximum Gasteiger partial charge on any atom is 0.490 e. The minimum Gasteiger partial charge on any atom is -0.491 e. The molecule has 2 bridgehead atoms. The summed E-state index contributed by atoms with van der Waals surface area (Å²) < 4.78 is 44.4. The van der Waals surface area contributed by atoms with Gasteiger partial charge in [0.15, 0.2) is 5.82 Å². The monoisotopic (exact) mass is 812 g/mol. The molecule has 2 aromatic heterocycles. The molecule has 0 unspecified atom stereocenters. The van der Waals surface area contributed by atoms with Crippen molar-refractivity contribution in [2.45, 2.75) is 90.8 Å². The molecule has 6 rings (SSSR count). The number of nitrogens with one attached hydrogen (secondary N) is 4. The Bertz CT molecular complexity index is 1990. The van der Waals surface area contributed by atoms with Crippen molar-refractivity contribution in [2.24, 2.45) is 11.8 Å². The average molecular weight is 813 g/mol. The number of rotatable bonds is 7. The van der Waals surface area contributed by atoms with E-state index in [1.807, 2.05) is 44.2 Å². The van der Waals surface area contributed by atoms with E-state index in [4.69, 9.17) is 19.2 Å². The van der Waals surface area contributed by atoms with Crippen LogP contribution in [0, 0.1) is 18.8 Å². The number of ether oxygens (including phenoxy) is 1. The van der Waals surface area contributed by atoms with Crippen LogP contribution in [-0.4, -0.2) is 85.5 Å². The van der Waals surface area contributed by atoms with Gasteiger partial charge in [-0.05, 0) is 48.4 Å². The van der Waals surface area contributed by atoms with Crippen LogP contribution in [0.25, 0.3) is 0 Å². The number of amides is 4. The molecule has 2 aliphatic heterocycles. The van der Waals surface area contributed by atoms with Gasteiger partial charge in [-0.15, -0.1) is 0 Å². The van der Waals surface area contributed by atoms with E-state index in [-0.39, 0.29) is 55.5 Å². The molecule has 4 aromatic rings. The van der Waals surface area contributed by atoms with Crippen molar-refractivity contribution in [1.82, 2.24) is 41.2 Å². The molecule has 58 heavy (non-hydrogen) atoms. The largest absolute Gasteiger partial charge is 0.491 e. The molecule has 5 N–H and O–H groups in total. The summed E-state index contributed by atoms with van der Waals surface area (Å²) in [4.78, 5) is 68.3. The van der Waals surface area contributed by atoms with Crippen LogP contribution in [0.3, 0.4) is 0 Å². The molecular formula is C39H47F3N8O8. The Kier molecular flexibility index (Phi) is 15.5. The van der Waals surface area contributed by atoms with Crippen molar-refractivity contribution in [3.8, 4) is 5.75 Å². The van der Waals surface area contributed by atoms with Crippen LogP contribution in [0.2, 0.25) is 0 Å². The Morgan fingerprint density at radius 1 is 0.966 bits per heavy atom. The number of aromatic nitrogens is 4. The zero-order valence-corrected chi connectivity index (χ0v) is 32.6. The summed E-state index contributed by atoms with van der Waals surface area (Å²) in [5.74, 6) is -3.17. The molecule has 0 radical (unpaired) electrons. The number of carbonyl (C=O) groups excluding carboxylic acids is 4. The van der Waals surface area contributed by atoms with Gasteiger partial charge >= 0.3 is 12.1 Å². The number of nitrogens with zero attached hydrogens (tertiary/aromatic N) is 4. The maximum atomic E-state index is 14.2. The van der Waals surface area contributed by atoms with E-state index in [1.165, 1.54) is 16.9 Å². The van der Waals surface area contributed by atoms with Gasteiger partial charge in [0.2, 0.25) is 23.5 Å². The second-order valence-electron chi connectivity index (χ2n) is 14.4. The Hall–Kier alpha value is -6.27. The van der Waals surface area contributed by atoms with Gasteiger partial charge in [0.05, 0.1) is 18.3 Å². The first kappa shape index (κ1) is 44.4. The molecule has 2 aliphatic rings. The molecule has 0 fully saturated rings. The van der Waals surface area contributed by atoms with Gasteiger partial charge in [-0.25, -0.2) is 14.5 Å². The Morgan fingerprint density at radius 3 is 2.22 bits per heavy atom. The van der Waals surface area contributed by atoms with Gasteiger partial charge in [-0.2, -0.15) is 18.3 Å². The number of aliphatic carboxylic acids is 1. The first-order valence-electron chi connectivity index (χ1n) is 18.5. The molecule has 0 saturated carbocycles. The van der Waals surface area contributed by atoms with Crippen molar-refractivity contribution in [1.29, 1.82) is 0 Å². The molecule has 4 amide bonds. The number of benzene rings is 2. The van der Waals surface area contributed by atoms with E-state index in [0.29, 0.717) is 23.8 Å². The summed E-state index contributed by atoms with van der Waals surface area (Å²) in [7, 11) is 0. The summed E-state index contributed by atoms with van der Waals surface area (Å²) in [6, 6.07) is 14.8. The van der Waals surface area contributed by atoms with Crippen LogP contribution in [0.15, 0.2) is 71.4 Å². The van der Waals surface area contributed by atoms with Crippen molar-refractivity contribution in [2.75, 3.05) is 6.61 Å². The lowest BCUT2D eigenvalue weighted by Crippen LogP contribution is -2.55. The Labute approximate surface area is 332 Å². The SMILES string of the molecule is Cc1nc2n(n1)CC(=O)N[C@@H](CC(C)C)COc1ccc(cc1)C[C@H](NC(=O)c1ccno1)C(=O)N[C@@H](Cc1ccccc1)C(=O)N[C@H]2C(C)C.O=C(O)C(F)(F)F. The molecule has 0 saturated heterocycles. The van der Waals surface area contributed by atoms with E-state index in [2.05, 4.69) is 50.4 Å². The fraction of sp³-hybridized carbons (Fsp3) is 0.436. The molecule has 0 aliphatic carbocycles. The third-order valence-electron chi connectivity index (χ3n) is 8.72. The van der Waals surface area contributed by atoms with E-state index in [1.54, 1.807) is 31.2 Å². The number of aryl methyl sites for hydroxylation is 1. The minimum absolute atomic E-state index is 0.0567. The fourth-order valence-electron chi connectivity index (χ4n) is 6.01. The Morgan fingerprint density at radius 2 is 1.64 bits per heavy atom. The first-order chi connectivity index (χ1) is 27.4. The van der Waals surface area contributed by atoms with E-state index in [0.717, 1.165) is 11.1 Å². The van der Waals surface area contributed by atoms with Crippen LogP contribution < -0.4 is 26.0 Å². The van der Waals surface area contributed by atoms with Crippen LogP contribution in [0.1, 0.15) is 73.5 Å². The summed E-state index contributed by atoms with van der Waals surface area (Å²) in [5.41, 5.74) is 1.55. The number of hydrogen-bond acceptors (Lipinski definition) is 10. The summed E-state index contributed by atoms with van der Waals surface area (Å²) >= 11 is 0. The van der Waals surface area contributed by atoms with E-state index >= 15 is 0 Å². The highest BCUT2D eigenvalue weighted by atomic mass is 19.4. The zero-order valence-electron chi connectivity index (χ0n) is 32.6. The van der Waals surface area contributed by atoms with Gasteiger partial charge in [0, 0.05) is 18.9 Å². The molecule has 4 atom stereocenters. The molecule has 4 heterocycles. The highest BCUT2D eigenvalue weighted by Crippen LogP contribution is 2.22. The number of halogens is 3. The van der Waals surface area contributed by atoms with Crippen molar-refractivity contribution >= 4 is 29.6 Å². The molecular weight excluding hydrogens is 765 g/mol. The lowest BCUT2D eigenvalue weighted by Gasteiger charge is -2.27. The zero-order chi connectivity index (χ0) is 42.6. The van der Waals surface area contributed by atoms with Gasteiger partial charge in [0.25, 0.3) is 5.91 Å². The predicted molar refractivity (Wildman–Crippen MR) is 201 cm³/mol. The number of carbonyl (C=O) groups is 5. The summed E-state index contributed by atoms with van der Waals surface area (Å²) in [6.07, 6.45) is -2.78. The Balaban J connectivity index is 0.000000973. The lowest BCUT2D eigenvalue weighted by molar-refractivity contribution is -0.192. The fourth-order valence-corrected chi connectivity index (χ4v) is 6.01. The number of alkyl halides is 3. The molecule has 0 spiro atoms. The highest BCUT2D eigenvalue weighted by molar-refractivity contribution is 5.97. The first-order valence-corrected chi connectivity index (χ1v) is 18.5. The van der Waals surface area contributed by atoms with Crippen LogP contribution in [0.4, 0.5) is 13.2 Å². The number of carboxylic acids is 1. The normalized spacial score (nSPS) is 19.4. The van der Waals surface area contributed by atoms with Gasteiger partial charge in [-0.1, -0.05) is 75.3 Å². The second-order valence-corrected chi connectivity index (χ2v) is 14.4. The van der Waals surface area contributed by atoms with Crippen LogP contribution in [0.5, 0.6) is 5.75 Å². The van der Waals surface area contributed by atoms with Crippen LogP contribution >= 0.6 is 0 Å². The van der Waals surface area contributed by atoms with Gasteiger partial charge < -0.3 is 35.6 Å². The molecule has 19 heteroatoms. The average Bonchev–Trinajstić information content (AvgIpc) is 3.82. The van der Waals surface area contributed by atoms with Gasteiger partial charge in [-0.3, -0.25) is 19.2 Å². The maximum absolute atomic E-state index is 14.2. The second kappa shape index (κ2) is 20.2.